The highest BCUT2D eigenvalue weighted by Crippen LogP contribution is 2.29. The molecular weight excluding hydrogens is 260 g/mol. The number of nitrogen functional groups attached to an aromatic ring is 1. The third-order valence-electron chi connectivity index (χ3n) is 3.65. The van der Waals surface area contributed by atoms with Crippen molar-refractivity contribution in [2.75, 3.05) is 5.73 Å². The predicted octanol–water partition coefficient (Wildman–Crippen LogP) is 3.71. The fourth-order valence-electron chi connectivity index (χ4n) is 2.73. The van der Waals surface area contributed by atoms with Crippen LogP contribution in [0.2, 0.25) is 0 Å². The molecule has 0 saturated heterocycles. The molecule has 0 aliphatic heterocycles. The topological polar surface area (TPSA) is 64.7 Å². The molecule has 0 unspecified atom stereocenters. The molecule has 0 spiro atoms. The van der Waals surface area contributed by atoms with E-state index in [9.17, 15) is 0 Å². The number of hydrogen-bond donors (Lipinski definition) is 1. The minimum absolute atomic E-state index is 0.310. The van der Waals surface area contributed by atoms with Gasteiger partial charge >= 0.3 is 0 Å². The van der Waals surface area contributed by atoms with Crippen molar-refractivity contribution in [1.82, 2.24) is 15.0 Å². The largest absolute Gasteiger partial charge is 0.383 e. The van der Waals surface area contributed by atoms with Gasteiger partial charge in [0.25, 0.3) is 0 Å². The Balaban J connectivity index is 2.24. The summed E-state index contributed by atoms with van der Waals surface area (Å²) in [5.74, 6) is 1.50. The van der Waals surface area contributed by atoms with Crippen LogP contribution < -0.4 is 5.73 Å². The second-order valence-electron chi connectivity index (χ2n) is 5.49. The monoisotopic (exact) mass is 278 g/mol. The molecule has 0 bridgehead atoms. The van der Waals surface area contributed by atoms with Crippen LogP contribution in [0.5, 0.6) is 0 Å². The molecule has 21 heavy (non-hydrogen) atoms. The first kappa shape index (κ1) is 13.5. The number of nitrogens with zero attached hydrogens (tertiary/aromatic N) is 3. The summed E-state index contributed by atoms with van der Waals surface area (Å²) in [6.45, 7) is 6.18. The van der Waals surface area contributed by atoms with E-state index in [1.165, 1.54) is 0 Å². The van der Waals surface area contributed by atoms with Crippen molar-refractivity contribution in [3.05, 3.63) is 47.9 Å². The molecule has 0 atom stereocenters. The lowest BCUT2D eigenvalue weighted by Gasteiger charge is -2.13. The minimum Gasteiger partial charge on any atom is -0.383 e. The summed E-state index contributed by atoms with van der Waals surface area (Å²) in [5.41, 5.74) is 9.00. The first-order valence-electron chi connectivity index (χ1n) is 7.05. The number of aryl methyl sites for hydroxylation is 1. The second-order valence-corrected chi connectivity index (χ2v) is 5.49. The molecule has 0 aliphatic rings. The van der Waals surface area contributed by atoms with Crippen molar-refractivity contribution in [2.45, 2.75) is 26.7 Å². The molecule has 2 N–H and O–H groups in total. The third-order valence-corrected chi connectivity index (χ3v) is 3.65. The van der Waals surface area contributed by atoms with Crippen molar-refractivity contribution in [2.24, 2.45) is 0 Å². The maximum atomic E-state index is 6.13. The first-order chi connectivity index (χ1) is 10.1. The zero-order valence-corrected chi connectivity index (χ0v) is 12.5. The van der Waals surface area contributed by atoms with Gasteiger partial charge < -0.3 is 5.73 Å². The molecule has 3 aromatic rings. The Bertz CT molecular complexity index is 780. The first-order valence-corrected chi connectivity index (χ1v) is 7.05. The van der Waals surface area contributed by atoms with Crippen molar-refractivity contribution < 1.29 is 0 Å². The van der Waals surface area contributed by atoms with E-state index >= 15 is 0 Å². The molecule has 0 amide bonds. The highest BCUT2D eigenvalue weighted by molar-refractivity contribution is 5.94. The van der Waals surface area contributed by atoms with Gasteiger partial charge in [0, 0.05) is 34.6 Å². The Labute approximate surface area is 124 Å². The van der Waals surface area contributed by atoms with E-state index < -0.39 is 0 Å². The lowest BCUT2D eigenvalue weighted by molar-refractivity contribution is 0.836. The third kappa shape index (κ3) is 2.33. The molecule has 0 saturated carbocycles. The Kier molecular flexibility index (Phi) is 3.29. The van der Waals surface area contributed by atoms with Gasteiger partial charge in [-0.15, -0.1) is 0 Å². The van der Waals surface area contributed by atoms with Gasteiger partial charge in [-0.3, -0.25) is 4.98 Å². The molecule has 4 nitrogen and oxygen atoms in total. The van der Waals surface area contributed by atoms with Crippen LogP contribution in [0, 0.1) is 6.92 Å². The molecule has 0 radical (unpaired) electrons. The maximum Gasteiger partial charge on any atom is 0.163 e. The van der Waals surface area contributed by atoms with E-state index in [0.29, 0.717) is 17.6 Å². The summed E-state index contributed by atoms with van der Waals surface area (Å²) in [7, 11) is 0. The molecule has 106 valence electrons. The Morgan fingerprint density at radius 3 is 2.52 bits per heavy atom. The van der Waals surface area contributed by atoms with Crippen LogP contribution in [0.1, 0.15) is 31.0 Å². The van der Waals surface area contributed by atoms with Gasteiger partial charge in [0.2, 0.25) is 0 Å². The van der Waals surface area contributed by atoms with E-state index in [1.807, 2.05) is 31.3 Å². The number of anilines is 1. The van der Waals surface area contributed by atoms with Crippen LogP contribution in [-0.4, -0.2) is 15.0 Å². The number of aromatic nitrogens is 3. The number of nitrogens with two attached hydrogens (primary N) is 1. The van der Waals surface area contributed by atoms with Gasteiger partial charge in [-0.2, -0.15) is 0 Å². The van der Waals surface area contributed by atoms with Gasteiger partial charge in [-0.1, -0.05) is 38.1 Å². The summed E-state index contributed by atoms with van der Waals surface area (Å²) in [4.78, 5) is 13.4. The van der Waals surface area contributed by atoms with Crippen molar-refractivity contribution in [3.63, 3.8) is 0 Å². The fourth-order valence-corrected chi connectivity index (χ4v) is 2.73. The molecule has 3 rings (SSSR count). The predicted molar refractivity (Wildman–Crippen MR) is 86.0 cm³/mol. The van der Waals surface area contributed by atoms with Gasteiger partial charge in [-0.05, 0) is 18.2 Å². The average molecular weight is 278 g/mol. The van der Waals surface area contributed by atoms with Crippen molar-refractivity contribution in [1.29, 1.82) is 0 Å². The minimum atomic E-state index is 0.310. The van der Waals surface area contributed by atoms with Crippen molar-refractivity contribution >= 4 is 16.6 Å². The van der Waals surface area contributed by atoms with E-state index in [0.717, 1.165) is 27.6 Å². The van der Waals surface area contributed by atoms with Gasteiger partial charge in [0.05, 0.1) is 0 Å². The highest BCUT2D eigenvalue weighted by atomic mass is 15.0. The van der Waals surface area contributed by atoms with E-state index in [1.54, 1.807) is 6.20 Å². The number of pyridine rings is 1. The Morgan fingerprint density at radius 1 is 1.05 bits per heavy atom. The highest BCUT2D eigenvalue weighted by Gasteiger charge is 2.15. The smallest absolute Gasteiger partial charge is 0.163 e. The van der Waals surface area contributed by atoms with Crippen LogP contribution >= 0.6 is 0 Å². The summed E-state index contributed by atoms with van der Waals surface area (Å²) in [5, 5.41) is 2.16. The standard InChI is InChI=1S/C17H18N4/c1-10(2)15-11(3)20-17(21-16(15)18)14-9-19-8-12-6-4-5-7-13(12)14/h4-10H,1-3H3,(H2,18,20,21). The SMILES string of the molecule is Cc1nc(-c2cncc3ccccc23)nc(N)c1C(C)C. The van der Waals surface area contributed by atoms with Crippen LogP contribution in [-0.2, 0) is 0 Å². The maximum absolute atomic E-state index is 6.13. The van der Waals surface area contributed by atoms with E-state index in [4.69, 9.17) is 5.73 Å². The molecule has 0 aliphatic carbocycles. The molecule has 2 aromatic heterocycles. The fraction of sp³-hybridized carbons (Fsp3) is 0.235. The number of rotatable bonds is 2. The van der Waals surface area contributed by atoms with Crippen molar-refractivity contribution in [3.8, 4) is 11.4 Å². The Hall–Kier alpha value is -2.49. The zero-order valence-electron chi connectivity index (χ0n) is 12.5. The summed E-state index contributed by atoms with van der Waals surface area (Å²) < 4.78 is 0. The summed E-state index contributed by atoms with van der Waals surface area (Å²) >= 11 is 0. The normalized spacial score (nSPS) is 11.2. The van der Waals surface area contributed by atoms with Crippen LogP contribution in [0.3, 0.4) is 0 Å². The average Bonchev–Trinajstić information content (AvgIpc) is 2.45. The molecular formula is C17H18N4. The molecule has 2 heterocycles. The summed E-state index contributed by atoms with van der Waals surface area (Å²) in [6.07, 6.45) is 3.64. The van der Waals surface area contributed by atoms with E-state index in [-0.39, 0.29) is 0 Å². The molecule has 0 fully saturated rings. The molecule has 1 aromatic carbocycles. The second kappa shape index (κ2) is 5.13. The molecule has 4 heteroatoms. The number of benzene rings is 1. The van der Waals surface area contributed by atoms with Gasteiger partial charge in [-0.25, -0.2) is 9.97 Å². The van der Waals surface area contributed by atoms with Crippen LogP contribution in [0.4, 0.5) is 5.82 Å². The van der Waals surface area contributed by atoms with Gasteiger partial charge in [0.15, 0.2) is 5.82 Å². The van der Waals surface area contributed by atoms with Gasteiger partial charge in [0.1, 0.15) is 5.82 Å². The zero-order chi connectivity index (χ0) is 15.0. The van der Waals surface area contributed by atoms with Crippen LogP contribution in [0.15, 0.2) is 36.7 Å². The van der Waals surface area contributed by atoms with Crippen LogP contribution in [0.25, 0.3) is 22.2 Å². The lowest BCUT2D eigenvalue weighted by Crippen LogP contribution is -2.06. The quantitative estimate of drug-likeness (QED) is 0.776. The van der Waals surface area contributed by atoms with E-state index in [2.05, 4.69) is 34.9 Å². The lowest BCUT2D eigenvalue weighted by atomic mass is 10.0. The summed E-state index contributed by atoms with van der Waals surface area (Å²) in [6, 6.07) is 8.09. The Morgan fingerprint density at radius 2 is 1.81 bits per heavy atom. The number of hydrogen-bond acceptors (Lipinski definition) is 4. The number of fused-ring (bicyclic) bond motifs is 1.